The summed E-state index contributed by atoms with van der Waals surface area (Å²) in [6.45, 7) is 0.487. The van der Waals surface area contributed by atoms with Crippen molar-refractivity contribution in [3.8, 4) is 0 Å². The van der Waals surface area contributed by atoms with Gasteiger partial charge in [-0.25, -0.2) is 4.79 Å². The highest BCUT2D eigenvalue weighted by molar-refractivity contribution is 7.99. The van der Waals surface area contributed by atoms with Crippen LogP contribution in [-0.2, 0) is 11.3 Å². The number of benzene rings is 2. The summed E-state index contributed by atoms with van der Waals surface area (Å²) in [7, 11) is 1.51. The van der Waals surface area contributed by atoms with Crippen LogP contribution in [0.2, 0.25) is 0 Å². The van der Waals surface area contributed by atoms with Crippen molar-refractivity contribution in [1.29, 1.82) is 0 Å². The summed E-state index contributed by atoms with van der Waals surface area (Å²) >= 11 is 0.362. The number of nitrogens with one attached hydrogen (secondary N) is 1. The monoisotopic (exact) mass is 490 g/mol. The summed E-state index contributed by atoms with van der Waals surface area (Å²) in [4.78, 5) is 42.4. The van der Waals surface area contributed by atoms with Gasteiger partial charge in [0.1, 0.15) is 5.82 Å². The van der Waals surface area contributed by atoms with Gasteiger partial charge in [0.25, 0.3) is 17.2 Å². The van der Waals surface area contributed by atoms with Gasteiger partial charge in [-0.3, -0.25) is 19.1 Å². The molecule has 3 aromatic rings. The molecule has 34 heavy (non-hydrogen) atoms. The number of anilines is 2. The van der Waals surface area contributed by atoms with Crippen molar-refractivity contribution in [3.05, 3.63) is 86.6 Å². The van der Waals surface area contributed by atoms with Crippen LogP contribution in [0.25, 0.3) is 0 Å². The molecule has 1 amide bonds. The highest BCUT2D eigenvalue weighted by atomic mass is 32.2. The number of halogens is 2. The van der Waals surface area contributed by atoms with E-state index in [-0.39, 0.29) is 30.2 Å². The summed E-state index contributed by atoms with van der Waals surface area (Å²) in [6, 6.07) is 14.7. The number of thioether (sulfide) groups is 1. The van der Waals surface area contributed by atoms with Crippen molar-refractivity contribution in [2.45, 2.75) is 23.6 Å². The Morgan fingerprint density at radius 3 is 2.44 bits per heavy atom. The number of hydrogen-bond donors (Lipinski definition) is 2. The van der Waals surface area contributed by atoms with E-state index in [9.17, 15) is 23.2 Å². The largest absolute Gasteiger partial charge is 0.385 e. The van der Waals surface area contributed by atoms with Gasteiger partial charge in [0.05, 0.1) is 6.54 Å². The quantitative estimate of drug-likeness (QED) is 0.334. The number of aromatic amines is 1. The van der Waals surface area contributed by atoms with Crippen molar-refractivity contribution in [1.82, 2.24) is 9.55 Å². The van der Waals surface area contributed by atoms with Crippen molar-refractivity contribution in [3.63, 3.8) is 0 Å². The number of carbonyl (C=O) groups excluding carboxylic acids is 1. The molecule has 0 unspecified atom stereocenters. The number of methoxy groups -OCH3 is 1. The number of amides is 1. The van der Waals surface area contributed by atoms with E-state index < -0.39 is 22.9 Å². The van der Waals surface area contributed by atoms with Crippen LogP contribution in [0.4, 0.5) is 20.3 Å². The standard InChI is InChI=1S/C23H24F2N4O4S/c1-33-13-5-12-28(21(31)16-8-10-17(11-9-16)34-22(24)25)18-19(26)29(23(32)27-20(18)30)14-15-6-3-2-4-7-15/h2-4,6-11,22H,5,12-14,26H2,1H3,(H,27,30,32). The lowest BCUT2D eigenvalue weighted by Crippen LogP contribution is -2.42. The number of carbonyl (C=O) groups is 1. The van der Waals surface area contributed by atoms with Crippen LogP contribution in [0.3, 0.4) is 0 Å². The molecule has 8 nitrogen and oxygen atoms in total. The maximum atomic E-state index is 13.4. The average Bonchev–Trinajstić information content (AvgIpc) is 2.81. The number of ether oxygens (including phenoxy) is 1. The number of aromatic nitrogens is 2. The zero-order chi connectivity index (χ0) is 24.7. The summed E-state index contributed by atoms with van der Waals surface area (Å²) in [5, 5.41) is 0. The third-order valence-corrected chi connectivity index (χ3v) is 5.69. The average molecular weight is 491 g/mol. The highest BCUT2D eigenvalue weighted by Gasteiger charge is 2.25. The predicted octanol–water partition coefficient (Wildman–Crippen LogP) is 3.17. The molecule has 180 valence electrons. The Bertz CT molecular complexity index is 1230. The van der Waals surface area contributed by atoms with Gasteiger partial charge in [0.2, 0.25) is 0 Å². The molecule has 1 heterocycles. The Kier molecular flexibility index (Phi) is 8.61. The SMILES string of the molecule is COCCCN(C(=O)c1ccc(SC(F)F)cc1)c1c(N)n(Cc2ccccc2)c(=O)[nH]c1=O. The number of H-pyrrole nitrogens is 1. The minimum Gasteiger partial charge on any atom is -0.385 e. The van der Waals surface area contributed by atoms with E-state index >= 15 is 0 Å². The summed E-state index contributed by atoms with van der Waals surface area (Å²) in [6.07, 6.45) is 0.387. The van der Waals surface area contributed by atoms with Gasteiger partial charge in [-0.05, 0) is 36.2 Å². The fraction of sp³-hybridized carbons (Fsp3) is 0.261. The zero-order valence-electron chi connectivity index (χ0n) is 18.4. The Morgan fingerprint density at radius 2 is 1.82 bits per heavy atom. The second-order valence-corrected chi connectivity index (χ2v) is 8.33. The molecule has 0 aliphatic carbocycles. The number of nitrogens with zero attached hydrogens (tertiary/aromatic N) is 2. The maximum absolute atomic E-state index is 13.4. The van der Waals surface area contributed by atoms with Crippen molar-refractivity contribution in [2.75, 3.05) is 30.9 Å². The van der Waals surface area contributed by atoms with Gasteiger partial charge in [0.15, 0.2) is 5.69 Å². The van der Waals surface area contributed by atoms with E-state index in [1.54, 1.807) is 24.3 Å². The minimum absolute atomic E-state index is 0.0804. The fourth-order valence-corrected chi connectivity index (χ4v) is 3.88. The van der Waals surface area contributed by atoms with Crippen LogP contribution in [0, 0.1) is 0 Å². The molecule has 3 N–H and O–H groups in total. The molecular formula is C23H24F2N4O4S. The van der Waals surface area contributed by atoms with Gasteiger partial charge in [-0.15, -0.1) is 0 Å². The van der Waals surface area contributed by atoms with Crippen LogP contribution >= 0.6 is 11.8 Å². The molecule has 2 aromatic carbocycles. The molecule has 0 fully saturated rings. The lowest BCUT2D eigenvalue weighted by molar-refractivity contribution is 0.0983. The van der Waals surface area contributed by atoms with Crippen molar-refractivity contribution >= 4 is 29.2 Å². The predicted molar refractivity (Wildman–Crippen MR) is 128 cm³/mol. The van der Waals surface area contributed by atoms with Gasteiger partial charge in [0, 0.05) is 30.7 Å². The van der Waals surface area contributed by atoms with Crippen LogP contribution < -0.4 is 21.9 Å². The second kappa shape index (κ2) is 11.6. The topological polar surface area (TPSA) is 110 Å². The van der Waals surface area contributed by atoms with Gasteiger partial charge in [-0.2, -0.15) is 8.78 Å². The van der Waals surface area contributed by atoms with E-state index in [2.05, 4.69) is 4.98 Å². The Balaban J connectivity index is 2.02. The molecule has 0 aliphatic heterocycles. The molecule has 0 saturated carbocycles. The van der Waals surface area contributed by atoms with E-state index in [1.165, 1.54) is 40.8 Å². The smallest absolute Gasteiger partial charge is 0.330 e. The molecule has 11 heteroatoms. The molecule has 0 radical (unpaired) electrons. The molecular weight excluding hydrogens is 466 g/mol. The molecule has 0 aliphatic rings. The first-order chi connectivity index (χ1) is 16.3. The number of nitrogen functional groups attached to an aromatic ring is 1. The summed E-state index contributed by atoms with van der Waals surface area (Å²) < 4.78 is 31.5. The third-order valence-electron chi connectivity index (χ3n) is 4.97. The van der Waals surface area contributed by atoms with Crippen LogP contribution in [0.15, 0.2) is 69.1 Å². The molecule has 0 bridgehead atoms. The second-order valence-electron chi connectivity index (χ2n) is 7.27. The van der Waals surface area contributed by atoms with E-state index in [0.717, 1.165) is 5.56 Å². The van der Waals surface area contributed by atoms with Gasteiger partial charge >= 0.3 is 5.69 Å². The van der Waals surface area contributed by atoms with Crippen LogP contribution in [-0.4, -0.2) is 41.5 Å². The third kappa shape index (κ3) is 6.12. The number of rotatable bonds is 10. The molecule has 0 spiro atoms. The Labute approximate surface area is 198 Å². The Morgan fingerprint density at radius 1 is 1.15 bits per heavy atom. The summed E-state index contributed by atoms with van der Waals surface area (Å²) in [5.41, 5.74) is 5.55. The Hall–Kier alpha value is -3.44. The first-order valence-corrected chi connectivity index (χ1v) is 11.2. The van der Waals surface area contributed by atoms with E-state index in [1.807, 2.05) is 6.07 Å². The lowest BCUT2D eigenvalue weighted by Gasteiger charge is -2.24. The number of alkyl halides is 2. The van der Waals surface area contributed by atoms with Crippen LogP contribution in [0.1, 0.15) is 22.3 Å². The van der Waals surface area contributed by atoms with Gasteiger partial charge in [-0.1, -0.05) is 42.1 Å². The van der Waals surface area contributed by atoms with Gasteiger partial charge < -0.3 is 15.4 Å². The lowest BCUT2D eigenvalue weighted by atomic mass is 10.1. The zero-order valence-corrected chi connectivity index (χ0v) is 19.2. The fourth-order valence-electron chi connectivity index (χ4n) is 3.38. The molecule has 0 saturated heterocycles. The van der Waals surface area contributed by atoms with Crippen molar-refractivity contribution < 1.29 is 18.3 Å². The highest BCUT2D eigenvalue weighted by Crippen LogP contribution is 2.26. The van der Waals surface area contributed by atoms with E-state index in [0.29, 0.717) is 29.7 Å². The number of nitrogens with two attached hydrogens (primary N) is 1. The maximum Gasteiger partial charge on any atom is 0.330 e. The number of hydrogen-bond acceptors (Lipinski definition) is 6. The van der Waals surface area contributed by atoms with E-state index in [4.69, 9.17) is 10.5 Å². The van der Waals surface area contributed by atoms with Crippen molar-refractivity contribution in [2.24, 2.45) is 0 Å². The minimum atomic E-state index is -2.59. The molecule has 1 aromatic heterocycles. The normalized spacial score (nSPS) is 11.1. The molecule has 3 rings (SSSR count). The first-order valence-electron chi connectivity index (χ1n) is 10.3. The summed E-state index contributed by atoms with van der Waals surface area (Å²) in [5.74, 6) is -3.31. The first kappa shape index (κ1) is 25.2. The molecule has 0 atom stereocenters. The van der Waals surface area contributed by atoms with Crippen LogP contribution in [0.5, 0.6) is 0 Å².